The normalized spacial score (nSPS) is 10.8. The van der Waals surface area contributed by atoms with Gasteiger partial charge in [0.15, 0.2) is 10.8 Å². The van der Waals surface area contributed by atoms with Crippen molar-refractivity contribution in [3.8, 4) is 0 Å². The Morgan fingerprint density at radius 2 is 1.90 bits per heavy atom. The fourth-order valence-corrected chi connectivity index (χ4v) is 2.23. The Hall–Kier alpha value is -2.27. The van der Waals surface area contributed by atoms with Crippen LogP contribution in [0.15, 0.2) is 47.7 Å². The molecular weight excluding hydrogens is 276 g/mol. The van der Waals surface area contributed by atoms with Gasteiger partial charge in [-0.15, -0.1) is 0 Å². The highest BCUT2D eigenvalue weighted by Crippen LogP contribution is 2.14. The number of aromatic nitrogens is 4. The van der Waals surface area contributed by atoms with Crippen molar-refractivity contribution in [3.05, 3.63) is 63.9 Å². The smallest absolute Gasteiger partial charge is 0.270 e. The van der Waals surface area contributed by atoms with Crippen molar-refractivity contribution in [2.75, 3.05) is 0 Å². The average Bonchev–Trinajstić information content (AvgIpc) is 2.47. The van der Waals surface area contributed by atoms with E-state index in [4.69, 9.17) is 11.6 Å². The van der Waals surface area contributed by atoms with E-state index < -0.39 is 0 Å². The van der Waals surface area contributed by atoms with E-state index in [1.165, 1.54) is 12.5 Å². The minimum atomic E-state index is -0.191. The standard InChI is InChI=1S/C14H11ClN4O/c15-13-12-14(18-9-17-13)19(11(20)8-16-12)7-6-10-4-2-1-3-5-10/h1-5,8-9H,6-7H2. The third-order valence-corrected chi connectivity index (χ3v) is 3.33. The lowest BCUT2D eigenvalue weighted by Crippen LogP contribution is -2.22. The third kappa shape index (κ3) is 2.40. The summed E-state index contributed by atoms with van der Waals surface area (Å²) in [6, 6.07) is 9.96. The summed E-state index contributed by atoms with van der Waals surface area (Å²) in [5.74, 6) is 0. The second-order valence-electron chi connectivity index (χ2n) is 4.32. The predicted octanol–water partition coefficient (Wildman–Crippen LogP) is 2.08. The molecule has 0 aliphatic heterocycles. The first-order valence-electron chi connectivity index (χ1n) is 6.15. The number of benzene rings is 1. The quantitative estimate of drug-likeness (QED) is 0.692. The Morgan fingerprint density at radius 3 is 2.70 bits per heavy atom. The van der Waals surface area contributed by atoms with Crippen molar-refractivity contribution >= 4 is 22.8 Å². The molecule has 100 valence electrons. The topological polar surface area (TPSA) is 60.7 Å². The summed E-state index contributed by atoms with van der Waals surface area (Å²) < 4.78 is 1.57. The summed E-state index contributed by atoms with van der Waals surface area (Å²) >= 11 is 5.97. The largest absolute Gasteiger partial charge is 0.290 e. The molecule has 5 nitrogen and oxygen atoms in total. The zero-order valence-electron chi connectivity index (χ0n) is 10.5. The molecule has 0 saturated carbocycles. The van der Waals surface area contributed by atoms with Crippen LogP contribution >= 0.6 is 11.6 Å². The molecule has 0 fully saturated rings. The van der Waals surface area contributed by atoms with Gasteiger partial charge in [-0.3, -0.25) is 9.36 Å². The lowest BCUT2D eigenvalue weighted by molar-refractivity contribution is 0.683. The summed E-state index contributed by atoms with van der Waals surface area (Å²) in [6.45, 7) is 0.523. The molecule has 0 unspecified atom stereocenters. The highest BCUT2D eigenvalue weighted by atomic mass is 35.5. The Morgan fingerprint density at radius 1 is 1.10 bits per heavy atom. The van der Waals surface area contributed by atoms with Gasteiger partial charge in [0, 0.05) is 6.54 Å². The van der Waals surface area contributed by atoms with Crippen LogP contribution in [0.25, 0.3) is 11.2 Å². The second-order valence-corrected chi connectivity index (χ2v) is 4.68. The van der Waals surface area contributed by atoms with E-state index in [2.05, 4.69) is 15.0 Å². The Balaban J connectivity index is 2.01. The Labute approximate surface area is 119 Å². The molecule has 3 rings (SSSR count). The van der Waals surface area contributed by atoms with Crippen molar-refractivity contribution in [2.45, 2.75) is 13.0 Å². The van der Waals surface area contributed by atoms with Gasteiger partial charge >= 0.3 is 0 Å². The monoisotopic (exact) mass is 286 g/mol. The van der Waals surface area contributed by atoms with Crippen molar-refractivity contribution in [1.82, 2.24) is 19.5 Å². The van der Waals surface area contributed by atoms with E-state index in [0.717, 1.165) is 12.0 Å². The number of nitrogens with zero attached hydrogens (tertiary/aromatic N) is 4. The van der Waals surface area contributed by atoms with E-state index in [9.17, 15) is 4.79 Å². The molecule has 3 aromatic rings. The number of fused-ring (bicyclic) bond motifs is 1. The van der Waals surface area contributed by atoms with Gasteiger partial charge in [0.25, 0.3) is 5.56 Å². The van der Waals surface area contributed by atoms with E-state index in [0.29, 0.717) is 17.7 Å². The molecule has 0 saturated heterocycles. The molecule has 0 radical (unpaired) electrons. The van der Waals surface area contributed by atoms with Gasteiger partial charge in [0.2, 0.25) is 0 Å². The van der Waals surface area contributed by atoms with Gasteiger partial charge in [-0.1, -0.05) is 41.9 Å². The van der Waals surface area contributed by atoms with Crippen LogP contribution in [0.1, 0.15) is 5.56 Å². The summed E-state index contributed by atoms with van der Waals surface area (Å²) in [4.78, 5) is 24.0. The van der Waals surface area contributed by atoms with Gasteiger partial charge in [-0.05, 0) is 12.0 Å². The maximum atomic E-state index is 12.0. The Bertz CT molecular complexity index is 801. The number of aryl methyl sites for hydroxylation is 2. The van der Waals surface area contributed by atoms with Gasteiger partial charge < -0.3 is 0 Å². The summed E-state index contributed by atoms with van der Waals surface area (Å²) in [5.41, 5.74) is 1.88. The van der Waals surface area contributed by atoms with Crippen LogP contribution in [0, 0.1) is 0 Å². The zero-order chi connectivity index (χ0) is 13.9. The predicted molar refractivity (Wildman–Crippen MR) is 76.7 cm³/mol. The summed E-state index contributed by atoms with van der Waals surface area (Å²) in [7, 11) is 0. The average molecular weight is 287 g/mol. The summed E-state index contributed by atoms with van der Waals surface area (Å²) in [5, 5.41) is 0.253. The fraction of sp³-hybridized carbons (Fsp3) is 0.143. The minimum absolute atomic E-state index is 0.191. The van der Waals surface area contributed by atoms with Gasteiger partial charge in [0.05, 0.1) is 6.20 Å². The molecule has 1 aromatic carbocycles. The maximum Gasteiger partial charge on any atom is 0.270 e. The van der Waals surface area contributed by atoms with Crippen LogP contribution < -0.4 is 5.56 Å². The SMILES string of the molecule is O=c1cnc2c(Cl)ncnc2n1CCc1ccccc1. The van der Waals surface area contributed by atoms with Crippen LogP contribution in [0.2, 0.25) is 5.15 Å². The molecule has 0 N–H and O–H groups in total. The second kappa shape index (κ2) is 5.38. The molecule has 0 bridgehead atoms. The Kier molecular flexibility index (Phi) is 3.43. The molecule has 20 heavy (non-hydrogen) atoms. The number of hydrogen-bond acceptors (Lipinski definition) is 4. The van der Waals surface area contributed by atoms with Gasteiger partial charge in [0.1, 0.15) is 11.8 Å². The van der Waals surface area contributed by atoms with Crippen LogP contribution in [0.4, 0.5) is 0 Å². The van der Waals surface area contributed by atoms with Gasteiger partial charge in [-0.25, -0.2) is 15.0 Å². The number of halogens is 1. The van der Waals surface area contributed by atoms with Crippen LogP contribution in [0.5, 0.6) is 0 Å². The van der Waals surface area contributed by atoms with Gasteiger partial charge in [-0.2, -0.15) is 0 Å². The molecule has 6 heteroatoms. The first-order chi connectivity index (χ1) is 9.75. The highest BCUT2D eigenvalue weighted by Gasteiger charge is 2.09. The lowest BCUT2D eigenvalue weighted by Gasteiger charge is -2.08. The highest BCUT2D eigenvalue weighted by molar-refractivity contribution is 6.33. The van der Waals surface area contributed by atoms with E-state index in [-0.39, 0.29) is 10.7 Å². The van der Waals surface area contributed by atoms with E-state index in [1.807, 2.05) is 30.3 Å². The molecular formula is C14H11ClN4O. The number of hydrogen-bond donors (Lipinski definition) is 0. The van der Waals surface area contributed by atoms with Crippen LogP contribution in [0.3, 0.4) is 0 Å². The van der Waals surface area contributed by atoms with Crippen molar-refractivity contribution in [3.63, 3.8) is 0 Å². The van der Waals surface area contributed by atoms with Crippen molar-refractivity contribution in [2.24, 2.45) is 0 Å². The van der Waals surface area contributed by atoms with E-state index in [1.54, 1.807) is 4.57 Å². The summed E-state index contributed by atoms with van der Waals surface area (Å²) in [6.07, 6.45) is 3.33. The molecule has 0 aliphatic carbocycles. The molecule has 0 atom stereocenters. The van der Waals surface area contributed by atoms with Crippen molar-refractivity contribution < 1.29 is 0 Å². The van der Waals surface area contributed by atoms with Crippen LogP contribution in [-0.4, -0.2) is 19.5 Å². The lowest BCUT2D eigenvalue weighted by atomic mass is 10.1. The third-order valence-electron chi connectivity index (χ3n) is 3.05. The van der Waals surface area contributed by atoms with E-state index >= 15 is 0 Å². The zero-order valence-corrected chi connectivity index (χ0v) is 11.3. The van der Waals surface area contributed by atoms with Crippen molar-refractivity contribution in [1.29, 1.82) is 0 Å². The maximum absolute atomic E-state index is 12.0. The number of rotatable bonds is 3. The molecule has 0 spiro atoms. The first kappa shape index (κ1) is 12.7. The molecule has 0 amide bonds. The molecule has 2 heterocycles. The minimum Gasteiger partial charge on any atom is -0.290 e. The molecule has 2 aromatic heterocycles. The fourth-order valence-electron chi connectivity index (χ4n) is 2.05. The first-order valence-corrected chi connectivity index (χ1v) is 6.53. The molecule has 0 aliphatic rings. The van der Waals surface area contributed by atoms with Crippen LogP contribution in [-0.2, 0) is 13.0 Å².